The van der Waals surface area contributed by atoms with E-state index in [0.717, 1.165) is 37.3 Å². The number of methoxy groups -OCH3 is 1. The monoisotopic (exact) mass is 554 g/mol. The number of hydrogen-bond donors (Lipinski definition) is 1. The molecule has 0 saturated carbocycles. The number of nitrogens with zero attached hydrogens (tertiary/aromatic N) is 1. The lowest BCUT2D eigenvalue weighted by Gasteiger charge is -2.38. The average Bonchev–Trinajstić information content (AvgIpc) is 2.88. The van der Waals surface area contributed by atoms with E-state index in [9.17, 15) is 0 Å². The van der Waals surface area contributed by atoms with Crippen LogP contribution in [0.15, 0.2) is 47.6 Å². The molecule has 1 saturated heterocycles. The van der Waals surface area contributed by atoms with E-state index < -0.39 is 0 Å². The van der Waals surface area contributed by atoms with Crippen molar-refractivity contribution in [3.05, 3.63) is 47.6 Å². The maximum atomic E-state index is 6.23. The number of rotatable bonds is 10. The predicted octanol–water partition coefficient (Wildman–Crippen LogP) is 4.29. The zero-order chi connectivity index (χ0) is 24.6. The van der Waals surface area contributed by atoms with E-state index >= 15 is 0 Å². The SMILES string of the molecule is COCC1=CC(CN[C@@H](CN2CCC(C3=CCC(Cl)C=C3)CC2)C(C)C)CC(C2C=CCCC2)C1.O.O.O. The molecular formula is C31H55ClN2O4. The van der Waals surface area contributed by atoms with Gasteiger partial charge in [0.25, 0.3) is 0 Å². The molecule has 0 aromatic rings. The Kier molecular flexibility index (Phi) is 16.3. The highest BCUT2D eigenvalue weighted by molar-refractivity contribution is 6.22. The molecule has 0 amide bonds. The lowest BCUT2D eigenvalue weighted by Crippen LogP contribution is -2.48. The third-order valence-electron chi connectivity index (χ3n) is 8.87. The molecule has 0 bridgehead atoms. The second-order valence-electron chi connectivity index (χ2n) is 11.9. The quantitative estimate of drug-likeness (QED) is 0.320. The second kappa shape index (κ2) is 17.6. The first kappa shape index (κ1) is 35.0. The van der Waals surface area contributed by atoms with Crippen LogP contribution in [0.3, 0.4) is 0 Å². The normalized spacial score (nSPS) is 29.0. The first-order valence-electron chi connectivity index (χ1n) is 14.3. The summed E-state index contributed by atoms with van der Waals surface area (Å²) in [6.45, 7) is 10.2. The Labute approximate surface area is 236 Å². The van der Waals surface area contributed by atoms with Gasteiger partial charge in [0.15, 0.2) is 0 Å². The van der Waals surface area contributed by atoms with Crippen molar-refractivity contribution in [2.24, 2.45) is 29.6 Å². The fourth-order valence-electron chi connectivity index (χ4n) is 6.73. The molecule has 7 N–H and O–H groups in total. The van der Waals surface area contributed by atoms with Crippen LogP contribution >= 0.6 is 11.6 Å². The minimum absolute atomic E-state index is 0. The number of likely N-dealkylation sites (tertiary alicyclic amines) is 1. The van der Waals surface area contributed by atoms with Crippen molar-refractivity contribution in [3.8, 4) is 0 Å². The number of ether oxygens (including phenoxy) is 1. The Morgan fingerprint density at radius 3 is 2.47 bits per heavy atom. The Bertz CT molecular complexity index is 789. The van der Waals surface area contributed by atoms with Gasteiger partial charge in [0.2, 0.25) is 0 Å². The Balaban J connectivity index is 0.00000241. The summed E-state index contributed by atoms with van der Waals surface area (Å²) in [5.74, 6) is 3.52. The molecule has 38 heavy (non-hydrogen) atoms. The largest absolute Gasteiger partial charge is 0.412 e. The minimum Gasteiger partial charge on any atom is -0.412 e. The molecule has 1 aliphatic heterocycles. The summed E-state index contributed by atoms with van der Waals surface area (Å²) < 4.78 is 5.56. The Morgan fingerprint density at radius 2 is 1.87 bits per heavy atom. The van der Waals surface area contributed by atoms with E-state index in [4.69, 9.17) is 16.3 Å². The van der Waals surface area contributed by atoms with Crippen LogP contribution in [-0.2, 0) is 4.74 Å². The van der Waals surface area contributed by atoms with Gasteiger partial charge in [-0.25, -0.2) is 0 Å². The van der Waals surface area contributed by atoms with Crippen molar-refractivity contribution in [1.29, 1.82) is 0 Å². The summed E-state index contributed by atoms with van der Waals surface area (Å²) in [5, 5.41) is 4.21. The van der Waals surface area contributed by atoms with Crippen molar-refractivity contribution < 1.29 is 21.2 Å². The van der Waals surface area contributed by atoms with Crippen LogP contribution in [0.25, 0.3) is 0 Å². The van der Waals surface area contributed by atoms with Crippen molar-refractivity contribution in [1.82, 2.24) is 10.2 Å². The molecule has 5 atom stereocenters. The fourth-order valence-corrected chi connectivity index (χ4v) is 6.89. The topological polar surface area (TPSA) is 119 Å². The number of hydrogen-bond acceptors (Lipinski definition) is 3. The maximum Gasteiger partial charge on any atom is 0.0673 e. The molecule has 7 heteroatoms. The molecule has 0 spiro atoms. The third kappa shape index (κ3) is 10.2. The first-order valence-corrected chi connectivity index (χ1v) is 14.8. The summed E-state index contributed by atoms with van der Waals surface area (Å²) in [4.78, 5) is 2.70. The van der Waals surface area contributed by atoms with Crippen LogP contribution in [0.2, 0.25) is 0 Å². The molecule has 1 heterocycles. The summed E-state index contributed by atoms with van der Waals surface area (Å²) in [6, 6.07) is 0.548. The van der Waals surface area contributed by atoms with Gasteiger partial charge in [-0.2, -0.15) is 0 Å². The lowest BCUT2D eigenvalue weighted by atomic mass is 9.73. The van der Waals surface area contributed by atoms with Gasteiger partial charge in [-0.15, -0.1) is 11.6 Å². The highest BCUT2D eigenvalue weighted by Crippen LogP contribution is 2.38. The number of piperidine rings is 1. The summed E-state index contributed by atoms with van der Waals surface area (Å²) >= 11 is 6.23. The molecule has 1 fully saturated rings. The number of nitrogens with one attached hydrogen (secondary N) is 1. The Hall–Kier alpha value is -0.990. The summed E-state index contributed by atoms with van der Waals surface area (Å²) in [5.41, 5.74) is 3.04. The zero-order valence-corrected chi connectivity index (χ0v) is 24.7. The van der Waals surface area contributed by atoms with Gasteiger partial charge in [0.05, 0.1) is 12.0 Å². The van der Waals surface area contributed by atoms with Gasteiger partial charge in [0.1, 0.15) is 0 Å². The van der Waals surface area contributed by atoms with E-state index in [1.165, 1.54) is 75.7 Å². The molecule has 6 nitrogen and oxygen atoms in total. The Morgan fingerprint density at radius 1 is 1.11 bits per heavy atom. The van der Waals surface area contributed by atoms with Crippen LogP contribution in [0.1, 0.15) is 65.2 Å². The molecular weight excluding hydrogens is 500 g/mol. The van der Waals surface area contributed by atoms with E-state index in [2.05, 4.69) is 60.5 Å². The lowest BCUT2D eigenvalue weighted by molar-refractivity contribution is 0.163. The number of alkyl halides is 1. The third-order valence-corrected chi connectivity index (χ3v) is 9.19. The van der Waals surface area contributed by atoms with Crippen LogP contribution in [-0.4, -0.2) is 72.6 Å². The first-order chi connectivity index (χ1) is 17.0. The molecule has 4 rings (SSSR count). The van der Waals surface area contributed by atoms with Crippen LogP contribution in [0, 0.1) is 29.6 Å². The van der Waals surface area contributed by atoms with E-state index in [0.29, 0.717) is 17.9 Å². The highest BCUT2D eigenvalue weighted by atomic mass is 35.5. The number of allylic oxidation sites excluding steroid dienone is 6. The van der Waals surface area contributed by atoms with Gasteiger partial charge < -0.3 is 31.4 Å². The molecule has 0 radical (unpaired) electrons. The standard InChI is InChI=1S/C31H49ClN2O.3H2O/c1-23(2)31(21-34-15-13-28(14-16-34)27-9-11-30(32)12-10-27)33-20-24-17-25(22-35-3)19-29(18-24)26-7-5-4-6-8-26;;;/h5,7,9-11,17,23-24,26,28-31,33H,4,6,8,12-16,18-22H2,1-3H3;3*1H2/t24?,26?,29?,30?,31-;;;/m0.../s1. The van der Waals surface area contributed by atoms with Gasteiger partial charge in [-0.3, -0.25) is 0 Å². The van der Waals surface area contributed by atoms with Crippen molar-refractivity contribution in [2.45, 2.75) is 76.6 Å². The molecule has 0 aromatic carbocycles. The van der Waals surface area contributed by atoms with Crippen LogP contribution < -0.4 is 5.32 Å². The van der Waals surface area contributed by atoms with Crippen molar-refractivity contribution in [3.63, 3.8) is 0 Å². The minimum atomic E-state index is 0. The molecule has 0 aromatic heterocycles. The summed E-state index contributed by atoms with van der Waals surface area (Å²) in [6.07, 6.45) is 24.4. The molecule has 4 aliphatic rings. The van der Waals surface area contributed by atoms with E-state index in [1.54, 1.807) is 0 Å². The zero-order valence-electron chi connectivity index (χ0n) is 23.9. The predicted molar refractivity (Wildman–Crippen MR) is 161 cm³/mol. The molecule has 3 aliphatic carbocycles. The average molecular weight is 555 g/mol. The maximum absolute atomic E-state index is 6.23. The van der Waals surface area contributed by atoms with Gasteiger partial charge >= 0.3 is 0 Å². The molecule has 220 valence electrons. The highest BCUT2D eigenvalue weighted by Gasteiger charge is 2.30. The summed E-state index contributed by atoms with van der Waals surface area (Å²) in [7, 11) is 1.84. The van der Waals surface area contributed by atoms with Crippen LogP contribution in [0.5, 0.6) is 0 Å². The van der Waals surface area contributed by atoms with E-state index in [1.807, 2.05) is 7.11 Å². The second-order valence-corrected chi connectivity index (χ2v) is 12.4. The smallest absolute Gasteiger partial charge is 0.0673 e. The van der Waals surface area contributed by atoms with Crippen LogP contribution in [0.4, 0.5) is 0 Å². The van der Waals surface area contributed by atoms with Gasteiger partial charge in [0, 0.05) is 26.2 Å². The van der Waals surface area contributed by atoms with Crippen molar-refractivity contribution >= 4 is 11.6 Å². The fraction of sp³-hybridized carbons (Fsp3) is 0.742. The van der Waals surface area contributed by atoms with E-state index in [-0.39, 0.29) is 21.8 Å². The van der Waals surface area contributed by atoms with Crippen molar-refractivity contribution in [2.75, 3.05) is 39.9 Å². The molecule has 4 unspecified atom stereocenters. The number of halogens is 1. The van der Waals surface area contributed by atoms with Gasteiger partial charge in [-0.1, -0.05) is 50.3 Å². The van der Waals surface area contributed by atoms with Gasteiger partial charge in [-0.05, 0) is 105 Å².